The summed E-state index contributed by atoms with van der Waals surface area (Å²) in [4.78, 5) is 2.79. The summed E-state index contributed by atoms with van der Waals surface area (Å²) < 4.78 is 7.15. The van der Waals surface area contributed by atoms with Gasteiger partial charge in [-0.15, -0.1) is 0 Å². The van der Waals surface area contributed by atoms with E-state index in [0.717, 1.165) is 0 Å². The van der Waals surface area contributed by atoms with Crippen molar-refractivity contribution in [3.63, 3.8) is 0 Å². The number of unbranched alkanes of at least 4 members (excludes halogenated alkanes) is 2. The lowest BCUT2D eigenvalue weighted by molar-refractivity contribution is 0.126. The quantitative estimate of drug-likeness (QED) is 0.355. The lowest BCUT2D eigenvalue weighted by Crippen LogP contribution is -2.49. The van der Waals surface area contributed by atoms with Gasteiger partial charge in [0.25, 0.3) is 0 Å². The fraction of sp³-hybridized carbons (Fsp3) is 0.920. The number of hydrogen-bond donors (Lipinski definition) is 0. The Balaban J connectivity index is 1.96. The molecular formula is C25H46BNO. The summed E-state index contributed by atoms with van der Waals surface area (Å²) in [6.07, 6.45) is 20.6. The van der Waals surface area contributed by atoms with Crippen LogP contribution < -0.4 is 0 Å². The average Bonchev–Trinajstić information content (AvgIpc) is 2.95. The van der Waals surface area contributed by atoms with E-state index >= 15 is 0 Å². The summed E-state index contributed by atoms with van der Waals surface area (Å²) in [7, 11) is 0.319. The van der Waals surface area contributed by atoms with Crippen LogP contribution >= 0.6 is 0 Å². The molecule has 0 amide bonds. The third kappa shape index (κ3) is 4.82. The first-order valence-corrected chi connectivity index (χ1v) is 12.8. The van der Waals surface area contributed by atoms with Crippen molar-refractivity contribution in [2.75, 3.05) is 6.54 Å². The molecule has 3 aliphatic rings. The second kappa shape index (κ2) is 10.6. The van der Waals surface area contributed by atoms with Crippen LogP contribution in [-0.4, -0.2) is 24.5 Å². The molecule has 1 heterocycles. The van der Waals surface area contributed by atoms with Gasteiger partial charge in [-0.3, -0.25) is 0 Å². The minimum absolute atomic E-state index is 0.300. The predicted molar refractivity (Wildman–Crippen MR) is 122 cm³/mol. The lowest BCUT2D eigenvalue weighted by Gasteiger charge is -2.41. The zero-order valence-electron chi connectivity index (χ0n) is 19.4. The monoisotopic (exact) mass is 387 g/mol. The third-order valence-electron chi connectivity index (χ3n) is 7.53. The van der Waals surface area contributed by atoms with E-state index in [0.29, 0.717) is 24.4 Å². The highest BCUT2D eigenvalue weighted by molar-refractivity contribution is 6.55. The molecule has 3 rings (SSSR count). The van der Waals surface area contributed by atoms with Crippen LogP contribution in [0.1, 0.15) is 124 Å². The maximum Gasteiger partial charge on any atom is 0.426 e. The van der Waals surface area contributed by atoms with Gasteiger partial charge in [0.1, 0.15) is 0 Å². The fourth-order valence-corrected chi connectivity index (χ4v) is 6.18. The second-order valence-electron chi connectivity index (χ2n) is 10.3. The van der Waals surface area contributed by atoms with E-state index in [4.69, 9.17) is 4.65 Å². The van der Waals surface area contributed by atoms with E-state index in [1.807, 2.05) is 5.57 Å². The zero-order chi connectivity index (χ0) is 20.0. The number of nitrogens with zero attached hydrogens (tertiary/aromatic N) is 1. The molecule has 1 fully saturated rings. The van der Waals surface area contributed by atoms with Gasteiger partial charge < -0.3 is 9.47 Å². The van der Waals surface area contributed by atoms with Gasteiger partial charge in [-0.1, -0.05) is 72.6 Å². The van der Waals surface area contributed by atoms with E-state index in [1.54, 1.807) is 5.70 Å². The molecule has 0 aromatic heterocycles. The van der Waals surface area contributed by atoms with Crippen molar-refractivity contribution in [1.29, 1.82) is 0 Å². The highest BCUT2D eigenvalue weighted by Gasteiger charge is 2.57. The van der Waals surface area contributed by atoms with Gasteiger partial charge >= 0.3 is 7.05 Å². The van der Waals surface area contributed by atoms with Crippen molar-refractivity contribution in [2.45, 2.75) is 135 Å². The summed E-state index contributed by atoms with van der Waals surface area (Å²) in [6.45, 7) is 10.7. The summed E-state index contributed by atoms with van der Waals surface area (Å²) in [5.74, 6) is 0.696. The van der Waals surface area contributed by atoms with Gasteiger partial charge in [0.15, 0.2) is 0 Å². The Morgan fingerprint density at radius 3 is 2.21 bits per heavy atom. The van der Waals surface area contributed by atoms with E-state index in [9.17, 15) is 0 Å². The lowest BCUT2D eigenvalue weighted by atomic mass is 9.47. The molecule has 0 radical (unpaired) electrons. The van der Waals surface area contributed by atoms with Crippen LogP contribution in [0.3, 0.4) is 0 Å². The molecule has 0 aromatic rings. The van der Waals surface area contributed by atoms with Crippen molar-refractivity contribution in [2.24, 2.45) is 5.92 Å². The van der Waals surface area contributed by atoms with E-state index in [2.05, 4.69) is 32.5 Å². The van der Waals surface area contributed by atoms with Crippen LogP contribution in [-0.2, 0) is 4.65 Å². The molecule has 0 unspecified atom stereocenters. The highest BCUT2D eigenvalue weighted by Crippen LogP contribution is 2.59. The van der Waals surface area contributed by atoms with E-state index < -0.39 is 0 Å². The van der Waals surface area contributed by atoms with Crippen LogP contribution in [0.15, 0.2) is 11.3 Å². The third-order valence-corrected chi connectivity index (χ3v) is 7.53. The summed E-state index contributed by atoms with van der Waals surface area (Å²) >= 11 is 0. The zero-order valence-corrected chi connectivity index (χ0v) is 19.4. The SMILES string of the molecule is CCCCC1(CCCC)B(OC2CCCCC2)N(CC(C)C)C2=C1CCCC2. The van der Waals surface area contributed by atoms with E-state index in [-0.39, 0.29) is 0 Å². The summed E-state index contributed by atoms with van der Waals surface area (Å²) in [5.41, 5.74) is 3.55. The Labute approximate surface area is 176 Å². The minimum atomic E-state index is 0.300. The molecular weight excluding hydrogens is 341 g/mol. The number of allylic oxidation sites excluding steroid dienone is 2. The van der Waals surface area contributed by atoms with Crippen molar-refractivity contribution < 1.29 is 4.65 Å². The van der Waals surface area contributed by atoms with Crippen molar-refractivity contribution in [3.05, 3.63) is 11.3 Å². The number of rotatable bonds is 10. The molecule has 2 aliphatic carbocycles. The summed E-state index contributed by atoms with van der Waals surface area (Å²) in [6, 6.07) is 0. The van der Waals surface area contributed by atoms with Crippen molar-refractivity contribution in [3.8, 4) is 0 Å². The van der Waals surface area contributed by atoms with Gasteiger partial charge in [-0.25, -0.2) is 0 Å². The first-order valence-electron chi connectivity index (χ1n) is 12.8. The van der Waals surface area contributed by atoms with Crippen LogP contribution in [0.4, 0.5) is 0 Å². The molecule has 0 saturated heterocycles. The fourth-order valence-electron chi connectivity index (χ4n) is 6.18. The molecule has 160 valence electrons. The Hall–Kier alpha value is -0.435. The first-order chi connectivity index (χ1) is 13.6. The molecule has 28 heavy (non-hydrogen) atoms. The van der Waals surface area contributed by atoms with Crippen molar-refractivity contribution >= 4 is 7.05 Å². The summed E-state index contributed by atoms with van der Waals surface area (Å²) in [5, 5.41) is 0.300. The molecule has 0 aromatic carbocycles. The normalized spacial score (nSPS) is 23.0. The Morgan fingerprint density at radius 1 is 0.964 bits per heavy atom. The Bertz CT molecular complexity index is 501. The molecule has 3 heteroatoms. The average molecular weight is 387 g/mol. The molecule has 1 saturated carbocycles. The van der Waals surface area contributed by atoms with Crippen LogP contribution in [0.25, 0.3) is 0 Å². The van der Waals surface area contributed by atoms with Crippen LogP contribution in [0.5, 0.6) is 0 Å². The molecule has 2 nitrogen and oxygen atoms in total. The highest BCUT2D eigenvalue weighted by atomic mass is 16.5. The molecule has 0 atom stereocenters. The largest absolute Gasteiger partial charge is 0.426 e. The van der Waals surface area contributed by atoms with Gasteiger partial charge in [0.05, 0.1) is 0 Å². The van der Waals surface area contributed by atoms with Crippen LogP contribution in [0.2, 0.25) is 5.31 Å². The molecule has 0 spiro atoms. The van der Waals surface area contributed by atoms with Gasteiger partial charge in [-0.2, -0.15) is 0 Å². The Kier molecular flexibility index (Phi) is 8.39. The molecule has 1 aliphatic heterocycles. The Morgan fingerprint density at radius 2 is 1.61 bits per heavy atom. The minimum Gasteiger partial charge on any atom is -0.413 e. The second-order valence-corrected chi connectivity index (χ2v) is 10.3. The molecule has 0 N–H and O–H groups in total. The first kappa shape index (κ1) is 22.3. The predicted octanol–water partition coefficient (Wildman–Crippen LogP) is 7.74. The van der Waals surface area contributed by atoms with Gasteiger partial charge in [0, 0.05) is 23.7 Å². The van der Waals surface area contributed by atoms with Gasteiger partial charge in [0.2, 0.25) is 0 Å². The van der Waals surface area contributed by atoms with Crippen LogP contribution in [0, 0.1) is 5.92 Å². The molecule has 0 bridgehead atoms. The van der Waals surface area contributed by atoms with Crippen molar-refractivity contribution in [1.82, 2.24) is 4.81 Å². The smallest absolute Gasteiger partial charge is 0.413 e. The topological polar surface area (TPSA) is 12.5 Å². The maximum absolute atomic E-state index is 7.15. The maximum atomic E-state index is 7.15. The van der Waals surface area contributed by atoms with E-state index in [1.165, 1.54) is 103 Å². The number of hydrogen-bond acceptors (Lipinski definition) is 2. The standard InChI is InChI=1S/C25H46BNO/c1-5-7-18-25(19-8-6-2)23-16-12-13-17-24(23)27(20-21(3)4)26(25)28-22-14-10-9-11-15-22/h21-22H,5-20H2,1-4H3. The van der Waals surface area contributed by atoms with Gasteiger partial charge in [-0.05, 0) is 62.9 Å².